The van der Waals surface area contributed by atoms with E-state index in [-0.39, 0.29) is 6.03 Å². The largest absolute Gasteiger partial charge is 0.368 e. The van der Waals surface area contributed by atoms with Crippen molar-refractivity contribution < 1.29 is 4.79 Å². The lowest BCUT2D eigenvalue weighted by Gasteiger charge is -2.36. The number of amides is 2. The van der Waals surface area contributed by atoms with E-state index in [1.165, 1.54) is 0 Å². The Hall–Kier alpha value is -2.73. The Labute approximate surface area is 156 Å². The van der Waals surface area contributed by atoms with E-state index in [9.17, 15) is 4.79 Å². The van der Waals surface area contributed by atoms with Crippen LogP contribution in [-0.2, 0) is 0 Å². The van der Waals surface area contributed by atoms with Crippen molar-refractivity contribution in [3.05, 3.63) is 53.3 Å². The Morgan fingerprint density at radius 1 is 1.12 bits per heavy atom. The molecule has 1 saturated heterocycles. The Bertz CT molecular complexity index is 929. The van der Waals surface area contributed by atoms with Gasteiger partial charge in [0.15, 0.2) is 0 Å². The lowest BCUT2D eigenvalue weighted by Crippen LogP contribution is -2.50. The summed E-state index contributed by atoms with van der Waals surface area (Å²) in [4.78, 5) is 24.3. The SMILES string of the molecule is Cc1nc2ccc(N3CCN(C(=O)Nc4ccc(Cl)cc4)CC3)cc2[nH]1. The van der Waals surface area contributed by atoms with Crippen LogP contribution in [0.25, 0.3) is 11.0 Å². The number of benzene rings is 2. The smallest absolute Gasteiger partial charge is 0.321 e. The normalized spacial score (nSPS) is 14.7. The zero-order valence-corrected chi connectivity index (χ0v) is 15.3. The number of carbonyl (C=O) groups excluding carboxylic acids is 1. The number of imidazole rings is 1. The number of hydrogen-bond donors (Lipinski definition) is 2. The molecule has 0 saturated carbocycles. The minimum atomic E-state index is -0.0772. The summed E-state index contributed by atoms with van der Waals surface area (Å²) in [6.45, 7) is 4.91. The summed E-state index contributed by atoms with van der Waals surface area (Å²) in [6.07, 6.45) is 0. The van der Waals surface area contributed by atoms with Crippen molar-refractivity contribution in [1.29, 1.82) is 0 Å². The van der Waals surface area contributed by atoms with E-state index >= 15 is 0 Å². The van der Waals surface area contributed by atoms with Gasteiger partial charge in [0.1, 0.15) is 5.82 Å². The molecule has 1 fully saturated rings. The summed E-state index contributed by atoms with van der Waals surface area (Å²) >= 11 is 5.87. The molecule has 0 unspecified atom stereocenters. The minimum absolute atomic E-state index is 0.0772. The number of rotatable bonds is 2. The van der Waals surface area contributed by atoms with Gasteiger partial charge in [0.25, 0.3) is 0 Å². The number of piperazine rings is 1. The first-order valence-electron chi connectivity index (χ1n) is 8.61. The zero-order chi connectivity index (χ0) is 18.1. The van der Waals surface area contributed by atoms with Crippen LogP contribution in [0.4, 0.5) is 16.2 Å². The third-order valence-corrected chi connectivity index (χ3v) is 4.86. The number of nitrogens with zero attached hydrogens (tertiary/aromatic N) is 3. The van der Waals surface area contributed by atoms with E-state index < -0.39 is 0 Å². The summed E-state index contributed by atoms with van der Waals surface area (Å²) in [5, 5.41) is 3.57. The molecule has 0 spiro atoms. The van der Waals surface area contributed by atoms with Crippen molar-refractivity contribution in [2.45, 2.75) is 6.92 Å². The lowest BCUT2D eigenvalue weighted by atomic mass is 10.2. The number of carbonyl (C=O) groups is 1. The van der Waals surface area contributed by atoms with Crippen LogP contribution in [0.1, 0.15) is 5.82 Å². The topological polar surface area (TPSA) is 64.3 Å². The highest BCUT2D eigenvalue weighted by molar-refractivity contribution is 6.30. The van der Waals surface area contributed by atoms with Crippen LogP contribution >= 0.6 is 11.6 Å². The Kier molecular flexibility index (Phi) is 4.42. The van der Waals surface area contributed by atoms with Crippen LogP contribution in [0.3, 0.4) is 0 Å². The van der Waals surface area contributed by atoms with E-state index in [1.807, 2.05) is 17.9 Å². The van der Waals surface area contributed by atoms with E-state index in [1.54, 1.807) is 24.3 Å². The maximum atomic E-state index is 12.4. The molecule has 2 N–H and O–H groups in total. The molecule has 0 atom stereocenters. The number of anilines is 2. The summed E-state index contributed by atoms with van der Waals surface area (Å²) < 4.78 is 0. The Morgan fingerprint density at radius 2 is 1.85 bits per heavy atom. The molecule has 7 heteroatoms. The molecule has 0 aliphatic carbocycles. The van der Waals surface area contributed by atoms with Crippen molar-refractivity contribution in [2.24, 2.45) is 0 Å². The van der Waals surface area contributed by atoms with Crippen molar-refractivity contribution in [3.63, 3.8) is 0 Å². The van der Waals surface area contributed by atoms with Gasteiger partial charge in [-0.3, -0.25) is 0 Å². The molecule has 2 amide bonds. The van der Waals surface area contributed by atoms with Crippen LogP contribution in [0, 0.1) is 6.92 Å². The van der Waals surface area contributed by atoms with E-state index in [4.69, 9.17) is 11.6 Å². The third kappa shape index (κ3) is 3.46. The molecule has 26 heavy (non-hydrogen) atoms. The fourth-order valence-corrected chi connectivity index (χ4v) is 3.35. The van der Waals surface area contributed by atoms with Crippen LogP contribution < -0.4 is 10.2 Å². The second-order valence-electron chi connectivity index (χ2n) is 6.43. The highest BCUT2D eigenvalue weighted by atomic mass is 35.5. The fourth-order valence-electron chi connectivity index (χ4n) is 3.23. The van der Waals surface area contributed by atoms with Gasteiger partial charge in [-0.15, -0.1) is 0 Å². The first-order valence-corrected chi connectivity index (χ1v) is 8.99. The van der Waals surface area contributed by atoms with Crippen molar-refractivity contribution >= 4 is 40.0 Å². The maximum Gasteiger partial charge on any atom is 0.321 e. The number of urea groups is 1. The van der Waals surface area contributed by atoms with Crippen molar-refractivity contribution in [3.8, 4) is 0 Å². The first kappa shape index (κ1) is 16.7. The second kappa shape index (κ2) is 6.88. The number of aromatic amines is 1. The molecule has 0 radical (unpaired) electrons. The molecule has 6 nitrogen and oxygen atoms in total. The molecule has 4 rings (SSSR count). The number of aryl methyl sites for hydroxylation is 1. The fraction of sp³-hybridized carbons (Fsp3) is 0.263. The molecule has 134 valence electrons. The molecular formula is C19H20ClN5O. The standard InChI is InChI=1S/C19H20ClN5O/c1-13-21-17-7-6-16(12-18(17)22-13)24-8-10-25(11-9-24)19(26)23-15-4-2-14(20)3-5-15/h2-7,12H,8-11H2,1H3,(H,21,22)(H,23,26). The number of nitrogens with one attached hydrogen (secondary N) is 2. The van der Waals surface area contributed by atoms with Gasteiger partial charge in [-0.25, -0.2) is 9.78 Å². The number of H-pyrrole nitrogens is 1. The van der Waals surface area contributed by atoms with Gasteiger partial charge in [0, 0.05) is 42.6 Å². The summed E-state index contributed by atoms with van der Waals surface area (Å²) in [7, 11) is 0. The zero-order valence-electron chi connectivity index (χ0n) is 14.5. The monoisotopic (exact) mass is 369 g/mol. The molecule has 2 heterocycles. The molecular weight excluding hydrogens is 350 g/mol. The van der Waals surface area contributed by atoms with Gasteiger partial charge in [-0.2, -0.15) is 0 Å². The highest BCUT2D eigenvalue weighted by Crippen LogP contribution is 2.22. The lowest BCUT2D eigenvalue weighted by molar-refractivity contribution is 0.208. The van der Waals surface area contributed by atoms with Crippen LogP contribution in [0.15, 0.2) is 42.5 Å². The average molecular weight is 370 g/mol. The van der Waals surface area contributed by atoms with E-state index in [0.29, 0.717) is 18.1 Å². The van der Waals surface area contributed by atoms with Gasteiger partial charge >= 0.3 is 6.03 Å². The molecule has 1 aromatic heterocycles. The Balaban J connectivity index is 1.38. The van der Waals surface area contributed by atoms with E-state index in [0.717, 1.165) is 41.3 Å². The average Bonchev–Trinajstić information content (AvgIpc) is 3.03. The summed E-state index contributed by atoms with van der Waals surface area (Å²) in [5.74, 6) is 0.917. The van der Waals surface area contributed by atoms with Crippen LogP contribution in [-0.4, -0.2) is 47.1 Å². The van der Waals surface area contributed by atoms with Crippen molar-refractivity contribution in [1.82, 2.24) is 14.9 Å². The van der Waals surface area contributed by atoms with E-state index in [2.05, 4.69) is 32.3 Å². The predicted octanol–water partition coefficient (Wildman–Crippen LogP) is 3.88. The summed E-state index contributed by atoms with van der Waals surface area (Å²) in [6, 6.07) is 13.3. The predicted molar refractivity (Wildman–Crippen MR) is 105 cm³/mol. The third-order valence-electron chi connectivity index (χ3n) is 4.61. The van der Waals surface area contributed by atoms with Gasteiger partial charge in [-0.1, -0.05) is 11.6 Å². The molecule has 2 aromatic carbocycles. The second-order valence-corrected chi connectivity index (χ2v) is 6.87. The van der Waals surface area contributed by atoms with Crippen LogP contribution in [0.5, 0.6) is 0 Å². The molecule has 3 aromatic rings. The highest BCUT2D eigenvalue weighted by Gasteiger charge is 2.21. The van der Waals surface area contributed by atoms with Crippen LogP contribution in [0.2, 0.25) is 5.02 Å². The first-order chi connectivity index (χ1) is 12.6. The molecule has 1 aliphatic rings. The Morgan fingerprint density at radius 3 is 2.58 bits per heavy atom. The van der Waals surface area contributed by atoms with Gasteiger partial charge in [0.05, 0.1) is 11.0 Å². The van der Waals surface area contributed by atoms with Gasteiger partial charge in [-0.05, 0) is 49.4 Å². The summed E-state index contributed by atoms with van der Waals surface area (Å²) in [5.41, 5.74) is 3.93. The number of halogens is 1. The quantitative estimate of drug-likeness (QED) is 0.720. The van der Waals surface area contributed by atoms with Gasteiger partial charge in [0.2, 0.25) is 0 Å². The minimum Gasteiger partial charge on any atom is -0.368 e. The van der Waals surface area contributed by atoms with Gasteiger partial charge < -0.3 is 20.1 Å². The number of hydrogen-bond acceptors (Lipinski definition) is 3. The van der Waals surface area contributed by atoms with Crippen molar-refractivity contribution in [2.75, 3.05) is 36.4 Å². The number of fused-ring (bicyclic) bond motifs is 1. The number of aromatic nitrogens is 2. The molecule has 0 bridgehead atoms. The molecule has 1 aliphatic heterocycles. The maximum absolute atomic E-state index is 12.4.